The Labute approximate surface area is 168 Å². The molecule has 1 aromatic heterocycles. The van der Waals surface area contributed by atoms with Crippen LogP contribution >= 0.6 is 27.5 Å². The van der Waals surface area contributed by atoms with Gasteiger partial charge in [0.1, 0.15) is 6.07 Å². The van der Waals surface area contributed by atoms with E-state index < -0.39 is 0 Å². The van der Waals surface area contributed by atoms with Crippen molar-refractivity contribution in [3.8, 4) is 17.6 Å². The lowest BCUT2D eigenvalue weighted by Crippen LogP contribution is -2.11. The summed E-state index contributed by atoms with van der Waals surface area (Å²) in [5.41, 5.74) is 0.944. The van der Waals surface area contributed by atoms with E-state index in [0.29, 0.717) is 33.0 Å². The largest absolute Gasteiger partial charge is 0.493 e. The number of methoxy groups -OCH3 is 2. The van der Waals surface area contributed by atoms with E-state index in [4.69, 9.17) is 21.1 Å². The first-order valence-corrected chi connectivity index (χ1v) is 8.87. The van der Waals surface area contributed by atoms with Crippen LogP contribution in [-0.2, 0) is 0 Å². The highest BCUT2D eigenvalue weighted by molar-refractivity contribution is 9.10. The van der Waals surface area contributed by atoms with Crippen molar-refractivity contribution >= 4 is 50.1 Å². The van der Waals surface area contributed by atoms with Gasteiger partial charge in [0.15, 0.2) is 17.3 Å². The molecule has 2 aromatic carbocycles. The van der Waals surface area contributed by atoms with Crippen molar-refractivity contribution in [3.05, 3.63) is 61.6 Å². The Hall–Kier alpha value is -2.82. The van der Waals surface area contributed by atoms with Crippen LogP contribution in [0.1, 0.15) is 11.4 Å². The van der Waals surface area contributed by atoms with Crippen LogP contribution in [0.5, 0.6) is 11.5 Å². The predicted molar refractivity (Wildman–Crippen MR) is 108 cm³/mol. The number of hydrogen-bond acceptors (Lipinski definition) is 5. The molecule has 0 spiro atoms. The third kappa shape index (κ3) is 3.82. The third-order valence-corrected chi connectivity index (χ3v) is 4.58. The number of aromatic amines is 1. The SMILES string of the molecule is COc1cc(/C=C(\C#N)c2nc3ccc(Br)cc3c(=O)[nH]2)cc(Cl)c1OC. The molecule has 136 valence electrons. The maximum absolute atomic E-state index is 12.4. The van der Waals surface area contributed by atoms with Gasteiger partial charge in [-0.25, -0.2) is 4.98 Å². The van der Waals surface area contributed by atoms with Gasteiger partial charge in [-0.1, -0.05) is 27.5 Å². The fourth-order valence-corrected chi connectivity index (χ4v) is 3.24. The van der Waals surface area contributed by atoms with Crippen LogP contribution in [0, 0.1) is 11.3 Å². The van der Waals surface area contributed by atoms with Crippen LogP contribution in [0.4, 0.5) is 0 Å². The molecule has 0 atom stereocenters. The van der Waals surface area contributed by atoms with Crippen LogP contribution in [0.2, 0.25) is 5.02 Å². The highest BCUT2D eigenvalue weighted by Gasteiger charge is 2.13. The number of allylic oxidation sites excluding steroid dienone is 1. The third-order valence-electron chi connectivity index (χ3n) is 3.81. The smallest absolute Gasteiger partial charge is 0.259 e. The Morgan fingerprint density at radius 2 is 2.07 bits per heavy atom. The van der Waals surface area contributed by atoms with Crippen LogP contribution < -0.4 is 15.0 Å². The van der Waals surface area contributed by atoms with Gasteiger partial charge in [-0.15, -0.1) is 0 Å². The summed E-state index contributed by atoms with van der Waals surface area (Å²) in [7, 11) is 2.98. The van der Waals surface area contributed by atoms with E-state index in [0.717, 1.165) is 4.47 Å². The van der Waals surface area contributed by atoms with Gasteiger partial charge in [0, 0.05) is 4.47 Å². The molecule has 8 heteroatoms. The van der Waals surface area contributed by atoms with E-state index >= 15 is 0 Å². The van der Waals surface area contributed by atoms with Crippen molar-refractivity contribution in [1.82, 2.24) is 9.97 Å². The van der Waals surface area contributed by atoms with Crippen molar-refractivity contribution in [1.29, 1.82) is 5.26 Å². The Morgan fingerprint density at radius 3 is 2.74 bits per heavy atom. The number of benzene rings is 2. The minimum Gasteiger partial charge on any atom is -0.493 e. The fraction of sp³-hybridized carbons (Fsp3) is 0.105. The first kappa shape index (κ1) is 19.0. The van der Waals surface area contributed by atoms with Crippen LogP contribution in [0.25, 0.3) is 22.6 Å². The van der Waals surface area contributed by atoms with E-state index in [1.54, 1.807) is 36.4 Å². The van der Waals surface area contributed by atoms with Crippen molar-refractivity contribution in [2.45, 2.75) is 0 Å². The molecular weight excluding hydrogens is 434 g/mol. The number of H-pyrrole nitrogens is 1. The highest BCUT2D eigenvalue weighted by Crippen LogP contribution is 2.36. The average molecular weight is 447 g/mol. The number of fused-ring (bicyclic) bond motifs is 1. The van der Waals surface area contributed by atoms with Crippen molar-refractivity contribution in [3.63, 3.8) is 0 Å². The molecule has 0 fully saturated rings. The molecule has 27 heavy (non-hydrogen) atoms. The summed E-state index contributed by atoms with van der Waals surface area (Å²) in [6.45, 7) is 0. The number of hydrogen-bond donors (Lipinski definition) is 1. The van der Waals surface area contributed by atoms with Gasteiger partial charge < -0.3 is 14.5 Å². The first-order chi connectivity index (χ1) is 13.0. The van der Waals surface area contributed by atoms with Gasteiger partial charge in [-0.2, -0.15) is 5.26 Å². The predicted octanol–water partition coefficient (Wildman–Crippen LogP) is 4.42. The molecule has 0 unspecified atom stereocenters. The quantitative estimate of drug-likeness (QED) is 0.599. The minimum atomic E-state index is -0.331. The maximum Gasteiger partial charge on any atom is 0.259 e. The molecule has 0 aliphatic carbocycles. The van der Waals surface area contributed by atoms with Crippen LogP contribution in [0.3, 0.4) is 0 Å². The van der Waals surface area contributed by atoms with Crippen LogP contribution in [0.15, 0.2) is 39.6 Å². The summed E-state index contributed by atoms with van der Waals surface area (Å²) in [5.74, 6) is 0.999. The second-order valence-corrected chi connectivity index (χ2v) is 6.81. The second kappa shape index (κ2) is 7.82. The van der Waals surface area contributed by atoms with Gasteiger partial charge in [0.2, 0.25) is 0 Å². The molecule has 0 saturated heterocycles. The summed E-state index contributed by atoms with van der Waals surface area (Å²) < 4.78 is 11.2. The molecule has 3 rings (SSSR count). The zero-order valence-electron chi connectivity index (χ0n) is 14.3. The highest BCUT2D eigenvalue weighted by atomic mass is 79.9. The number of nitrogens with zero attached hydrogens (tertiary/aromatic N) is 2. The molecule has 0 amide bonds. The topological polar surface area (TPSA) is 88.0 Å². The summed E-state index contributed by atoms with van der Waals surface area (Å²) >= 11 is 9.53. The van der Waals surface area contributed by atoms with E-state index in [9.17, 15) is 10.1 Å². The number of nitriles is 1. The number of aromatic nitrogens is 2. The second-order valence-electron chi connectivity index (χ2n) is 5.48. The zero-order chi connectivity index (χ0) is 19.6. The normalized spacial score (nSPS) is 11.3. The number of rotatable bonds is 4. The molecule has 0 saturated carbocycles. The lowest BCUT2D eigenvalue weighted by Gasteiger charge is -2.10. The van der Waals surface area contributed by atoms with Crippen molar-refractivity contribution < 1.29 is 9.47 Å². The Bertz CT molecular complexity index is 1170. The first-order valence-electron chi connectivity index (χ1n) is 7.70. The van der Waals surface area contributed by atoms with E-state index in [-0.39, 0.29) is 17.0 Å². The fourth-order valence-electron chi connectivity index (χ4n) is 2.58. The lowest BCUT2D eigenvalue weighted by atomic mass is 10.1. The summed E-state index contributed by atoms with van der Waals surface area (Å²) in [6, 6.07) is 10.5. The lowest BCUT2D eigenvalue weighted by molar-refractivity contribution is 0.355. The van der Waals surface area contributed by atoms with Gasteiger partial charge >= 0.3 is 0 Å². The molecular formula is C19H13BrClN3O3. The Balaban J connectivity index is 2.14. The van der Waals surface area contributed by atoms with Gasteiger partial charge in [-0.3, -0.25) is 4.79 Å². The molecule has 0 aliphatic heterocycles. The monoisotopic (exact) mass is 445 g/mol. The number of ether oxygens (including phenoxy) is 2. The summed E-state index contributed by atoms with van der Waals surface area (Å²) in [5, 5.41) is 10.3. The summed E-state index contributed by atoms with van der Waals surface area (Å²) in [4.78, 5) is 19.4. The van der Waals surface area contributed by atoms with Gasteiger partial charge in [0.05, 0.1) is 35.7 Å². The number of halogens is 2. The van der Waals surface area contributed by atoms with Crippen LogP contribution in [-0.4, -0.2) is 24.2 Å². The van der Waals surface area contributed by atoms with Crippen molar-refractivity contribution in [2.75, 3.05) is 14.2 Å². The maximum atomic E-state index is 12.4. The zero-order valence-corrected chi connectivity index (χ0v) is 16.7. The molecule has 0 aliphatic rings. The van der Waals surface area contributed by atoms with E-state index in [1.165, 1.54) is 14.2 Å². The average Bonchev–Trinajstić information content (AvgIpc) is 2.66. The van der Waals surface area contributed by atoms with Gasteiger partial charge in [0.25, 0.3) is 5.56 Å². The standard InChI is InChI=1S/C19H13BrClN3O3/c1-26-16-7-10(6-14(21)17(16)27-2)5-11(9-22)18-23-15-4-3-12(20)8-13(15)19(25)24-18/h3-8H,1-2H3,(H,23,24,25)/b11-5+. The Morgan fingerprint density at radius 1 is 1.30 bits per heavy atom. The van der Waals surface area contributed by atoms with Crippen molar-refractivity contribution in [2.24, 2.45) is 0 Å². The molecule has 1 N–H and O–H groups in total. The molecule has 0 radical (unpaired) electrons. The van der Waals surface area contributed by atoms with Gasteiger partial charge in [-0.05, 0) is 42.0 Å². The van der Waals surface area contributed by atoms with E-state index in [2.05, 4.69) is 32.0 Å². The molecule has 1 heterocycles. The van der Waals surface area contributed by atoms with E-state index in [1.807, 2.05) is 0 Å². The summed E-state index contributed by atoms with van der Waals surface area (Å²) in [6.07, 6.45) is 1.57. The molecule has 3 aromatic rings. The molecule has 0 bridgehead atoms. The molecule has 6 nitrogen and oxygen atoms in total. The Kier molecular flexibility index (Phi) is 5.49. The minimum absolute atomic E-state index is 0.170. The number of nitrogens with one attached hydrogen (secondary N) is 1.